The normalized spacial score (nSPS) is 27.4. The van der Waals surface area contributed by atoms with Gasteiger partial charge in [-0.15, -0.1) is 0 Å². The SMILES string of the molecule is CC1CCN(CCN2CCC(N)CC2)CC1. The molecule has 0 aromatic rings. The number of hydrogen-bond donors (Lipinski definition) is 1. The summed E-state index contributed by atoms with van der Waals surface area (Å²) < 4.78 is 0. The van der Waals surface area contributed by atoms with Crippen molar-refractivity contribution in [1.29, 1.82) is 0 Å². The Labute approximate surface area is 100.0 Å². The van der Waals surface area contributed by atoms with Gasteiger partial charge in [0.2, 0.25) is 0 Å². The van der Waals surface area contributed by atoms with E-state index in [1.54, 1.807) is 0 Å². The molecule has 0 bridgehead atoms. The first kappa shape index (κ1) is 12.3. The third-order valence-corrected chi connectivity index (χ3v) is 4.24. The van der Waals surface area contributed by atoms with Crippen LogP contribution >= 0.6 is 0 Å². The molecule has 0 unspecified atom stereocenters. The number of hydrogen-bond acceptors (Lipinski definition) is 3. The van der Waals surface area contributed by atoms with Crippen LogP contribution in [0.25, 0.3) is 0 Å². The van der Waals surface area contributed by atoms with Gasteiger partial charge in [-0.25, -0.2) is 0 Å². The van der Waals surface area contributed by atoms with Crippen molar-refractivity contribution < 1.29 is 0 Å². The van der Waals surface area contributed by atoms with E-state index >= 15 is 0 Å². The molecule has 0 aromatic heterocycles. The van der Waals surface area contributed by atoms with Gasteiger partial charge >= 0.3 is 0 Å². The fraction of sp³-hybridized carbons (Fsp3) is 1.00. The fourth-order valence-electron chi connectivity index (χ4n) is 2.75. The quantitative estimate of drug-likeness (QED) is 0.782. The summed E-state index contributed by atoms with van der Waals surface area (Å²) in [5.74, 6) is 0.948. The van der Waals surface area contributed by atoms with E-state index in [2.05, 4.69) is 16.7 Å². The minimum atomic E-state index is 0.465. The number of piperidine rings is 2. The zero-order valence-corrected chi connectivity index (χ0v) is 10.7. The molecule has 2 fully saturated rings. The van der Waals surface area contributed by atoms with Crippen LogP contribution in [0.2, 0.25) is 0 Å². The van der Waals surface area contributed by atoms with Crippen molar-refractivity contribution in [3.05, 3.63) is 0 Å². The third kappa shape index (κ3) is 3.72. The van der Waals surface area contributed by atoms with Crippen LogP contribution < -0.4 is 5.73 Å². The van der Waals surface area contributed by atoms with Crippen molar-refractivity contribution in [2.45, 2.75) is 38.6 Å². The van der Waals surface area contributed by atoms with Gasteiger partial charge in [0, 0.05) is 19.1 Å². The summed E-state index contributed by atoms with van der Waals surface area (Å²) in [6.45, 7) is 9.95. The molecule has 2 saturated heterocycles. The smallest absolute Gasteiger partial charge is 0.0109 e. The van der Waals surface area contributed by atoms with Crippen molar-refractivity contribution in [2.75, 3.05) is 39.3 Å². The van der Waals surface area contributed by atoms with Crippen molar-refractivity contribution in [1.82, 2.24) is 9.80 Å². The van der Waals surface area contributed by atoms with Crippen molar-refractivity contribution in [3.8, 4) is 0 Å². The van der Waals surface area contributed by atoms with Crippen molar-refractivity contribution in [3.63, 3.8) is 0 Å². The first-order valence-electron chi connectivity index (χ1n) is 6.94. The number of nitrogens with zero attached hydrogens (tertiary/aromatic N) is 2. The Balaban J connectivity index is 1.60. The van der Waals surface area contributed by atoms with Gasteiger partial charge in [0.25, 0.3) is 0 Å². The number of rotatable bonds is 3. The summed E-state index contributed by atoms with van der Waals surface area (Å²) in [4.78, 5) is 5.22. The molecule has 0 aromatic carbocycles. The van der Waals surface area contributed by atoms with Gasteiger partial charge in [0.05, 0.1) is 0 Å². The molecule has 3 nitrogen and oxygen atoms in total. The lowest BCUT2D eigenvalue weighted by molar-refractivity contribution is 0.145. The minimum absolute atomic E-state index is 0.465. The van der Waals surface area contributed by atoms with E-state index in [0.29, 0.717) is 6.04 Å². The van der Waals surface area contributed by atoms with Crippen LogP contribution in [0.3, 0.4) is 0 Å². The van der Waals surface area contributed by atoms with Gasteiger partial charge in [-0.1, -0.05) is 6.92 Å². The Kier molecular flexibility index (Phi) is 4.62. The number of nitrogens with two attached hydrogens (primary N) is 1. The Morgan fingerprint density at radius 3 is 1.81 bits per heavy atom. The summed E-state index contributed by atoms with van der Waals surface area (Å²) in [6.07, 6.45) is 5.17. The molecule has 0 aliphatic carbocycles. The molecule has 0 amide bonds. The van der Waals surface area contributed by atoms with Gasteiger partial charge in [0.1, 0.15) is 0 Å². The first-order chi connectivity index (χ1) is 7.74. The number of likely N-dealkylation sites (tertiary alicyclic amines) is 2. The van der Waals surface area contributed by atoms with Crippen LogP contribution in [-0.4, -0.2) is 55.1 Å². The van der Waals surface area contributed by atoms with E-state index < -0.39 is 0 Å². The highest BCUT2D eigenvalue weighted by molar-refractivity contribution is 4.76. The standard InChI is InChI=1S/C13H27N3/c1-12-2-6-15(7-3-12)10-11-16-8-4-13(14)5-9-16/h12-13H,2-11,14H2,1H3. The zero-order chi connectivity index (χ0) is 11.4. The Hall–Kier alpha value is -0.120. The lowest BCUT2D eigenvalue weighted by Crippen LogP contribution is -2.44. The van der Waals surface area contributed by atoms with Gasteiger partial charge < -0.3 is 15.5 Å². The van der Waals surface area contributed by atoms with Crippen LogP contribution in [-0.2, 0) is 0 Å². The van der Waals surface area contributed by atoms with Crippen LogP contribution in [0.5, 0.6) is 0 Å². The molecule has 2 aliphatic heterocycles. The molecular formula is C13H27N3. The minimum Gasteiger partial charge on any atom is -0.328 e. The van der Waals surface area contributed by atoms with Crippen LogP contribution in [0.15, 0.2) is 0 Å². The Bertz CT molecular complexity index is 169. The maximum absolute atomic E-state index is 5.91. The summed E-state index contributed by atoms with van der Waals surface area (Å²) in [6, 6.07) is 0.465. The summed E-state index contributed by atoms with van der Waals surface area (Å²) in [7, 11) is 0. The molecule has 0 spiro atoms. The molecule has 2 N–H and O–H groups in total. The highest BCUT2D eigenvalue weighted by Crippen LogP contribution is 2.16. The molecule has 2 heterocycles. The molecular weight excluding hydrogens is 198 g/mol. The van der Waals surface area contributed by atoms with E-state index in [0.717, 1.165) is 5.92 Å². The van der Waals surface area contributed by atoms with Crippen LogP contribution in [0, 0.1) is 5.92 Å². The average molecular weight is 225 g/mol. The van der Waals surface area contributed by atoms with Gasteiger partial charge in [-0.05, 0) is 57.8 Å². The van der Waals surface area contributed by atoms with Gasteiger partial charge in [-0.3, -0.25) is 0 Å². The maximum Gasteiger partial charge on any atom is 0.0109 e. The maximum atomic E-state index is 5.91. The fourth-order valence-corrected chi connectivity index (χ4v) is 2.75. The second kappa shape index (κ2) is 5.99. The molecule has 2 rings (SSSR count). The molecule has 0 atom stereocenters. The summed E-state index contributed by atoms with van der Waals surface area (Å²) in [5, 5.41) is 0. The predicted molar refractivity (Wildman–Crippen MR) is 68.5 cm³/mol. The lowest BCUT2D eigenvalue weighted by atomic mass is 9.99. The summed E-state index contributed by atoms with van der Waals surface area (Å²) in [5.41, 5.74) is 5.91. The van der Waals surface area contributed by atoms with Gasteiger partial charge in [0.15, 0.2) is 0 Å². The monoisotopic (exact) mass is 225 g/mol. The predicted octanol–water partition coefficient (Wildman–Crippen LogP) is 1.14. The molecule has 0 radical (unpaired) electrons. The second-order valence-electron chi connectivity index (χ2n) is 5.70. The van der Waals surface area contributed by atoms with E-state index in [-0.39, 0.29) is 0 Å². The summed E-state index contributed by atoms with van der Waals surface area (Å²) >= 11 is 0. The van der Waals surface area contributed by atoms with Crippen molar-refractivity contribution in [2.24, 2.45) is 11.7 Å². The third-order valence-electron chi connectivity index (χ3n) is 4.24. The van der Waals surface area contributed by atoms with Crippen molar-refractivity contribution >= 4 is 0 Å². The van der Waals surface area contributed by atoms with E-state index in [1.165, 1.54) is 65.0 Å². The van der Waals surface area contributed by atoms with Crippen LogP contribution in [0.4, 0.5) is 0 Å². The zero-order valence-electron chi connectivity index (χ0n) is 10.7. The van der Waals surface area contributed by atoms with E-state index in [1.807, 2.05) is 0 Å². The molecule has 94 valence electrons. The van der Waals surface area contributed by atoms with E-state index in [9.17, 15) is 0 Å². The van der Waals surface area contributed by atoms with Crippen LogP contribution in [0.1, 0.15) is 32.6 Å². The Morgan fingerprint density at radius 1 is 0.875 bits per heavy atom. The molecule has 2 aliphatic rings. The van der Waals surface area contributed by atoms with E-state index in [4.69, 9.17) is 5.73 Å². The highest BCUT2D eigenvalue weighted by Gasteiger charge is 2.18. The second-order valence-corrected chi connectivity index (χ2v) is 5.70. The lowest BCUT2D eigenvalue weighted by Gasteiger charge is -2.34. The highest BCUT2D eigenvalue weighted by atomic mass is 15.2. The molecule has 3 heteroatoms. The largest absolute Gasteiger partial charge is 0.328 e. The molecule has 16 heavy (non-hydrogen) atoms. The topological polar surface area (TPSA) is 32.5 Å². The van der Waals surface area contributed by atoms with Gasteiger partial charge in [-0.2, -0.15) is 0 Å². The Morgan fingerprint density at radius 2 is 1.31 bits per heavy atom. The molecule has 0 saturated carbocycles. The first-order valence-corrected chi connectivity index (χ1v) is 6.94. The average Bonchev–Trinajstić information content (AvgIpc) is 2.30.